The molecule has 162 valence electrons. The molecule has 2 N–H and O–H groups in total. The van der Waals surface area contributed by atoms with Crippen LogP contribution in [0, 0.1) is 0 Å². The van der Waals surface area contributed by atoms with Crippen molar-refractivity contribution in [2.24, 2.45) is 0 Å². The molecule has 9 nitrogen and oxygen atoms in total. The van der Waals surface area contributed by atoms with Crippen LogP contribution in [-0.4, -0.2) is 48.2 Å². The Morgan fingerprint density at radius 1 is 1.27 bits per heavy atom. The van der Waals surface area contributed by atoms with E-state index < -0.39 is 52.5 Å². The molecule has 0 amide bonds. The minimum absolute atomic E-state index is 0.0152. The van der Waals surface area contributed by atoms with E-state index in [-0.39, 0.29) is 15.9 Å². The molecule has 3 aromatic heterocycles. The molecule has 0 spiro atoms. The maximum Gasteiger partial charge on any atom is 0.427 e. The number of pyridine rings is 1. The molecule has 0 bridgehead atoms. The van der Waals surface area contributed by atoms with Gasteiger partial charge in [-0.3, -0.25) is 0 Å². The highest BCUT2D eigenvalue weighted by Crippen LogP contribution is 2.31. The van der Waals surface area contributed by atoms with E-state index in [1.54, 1.807) is 0 Å². The minimum atomic E-state index is -4.35. The van der Waals surface area contributed by atoms with Gasteiger partial charge < -0.3 is 14.5 Å². The van der Waals surface area contributed by atoms with Crippen molar-refractivity contribution in [2.75, 3.05) is 18.5 Å². The Hall–Kier alpha value is -3.23. The summed E-state index contributed by atoms with van der Waals surface area (Å²) >= 11 is 0. The molecule has 0 saturated heterocycles. The summed E-state index contributed by atoms with van der Waals surface area (Å²) in [7, 11) is -3.31. The van der Waals surface area contributed by atoms with E-state index in [4.69, 9.17) is 4.74 Å². The van der Waals surface area contributed by atoms with Crippen LogP contribution in [0.15, 0.2) is 29.4 Å². The van der Waals surface area contributed by atoms with Crippen molar-refractivity contribution in [2.45, 2.75) is 17.4 Å². The summed E-state index contributed by atoms with van der Waals surface area (Å²) < 4.78 is 99.9. The SMILES string of the molecule is COc1nc(NS(=O)(=O)c2c[nH]c3nc(C(F)F)ccc23)ncc1OC(F)(F)CF. The quantitative estimate of drug-likeness (QED) is 0.503. The molecule has 3 aromatic rings. The van der Waals surface area contributed by atoms with Gasteiger partial charge in [0.2, 0.25) is 11.7 Å². The third-order valence-electron chi connectivity index (χ3n) is 3.59. The number of fused-ring (bicyclic) bond motifs is 1. The third kappa shape index (κ3) is 4.34. The van der Waals surface area contributed by atoms with Crippen LogP contribution in [0.5, 0.6) is 11.6 Å². The molecule has 0 atom stereocenters. The highest BCUT2D eigenvalue weighted by atomic mass is 32.2. The molecule has 0 saturated carbocycles. The zero-order valence-corrected chi connectivity index (χ0v) is 15.7. The van der Waals surface area contributed by atoms with Gasteiger partial charge in [0.1, 0.15) is 16.2 Å². The van der Waals surface area contributed by atoms with E-state index in [0.717, 1.165) is 25.4 Å². The van der Waals surface area contributed by atoms with Gasteiger partial charge in [-0.2, -0.15) is 13.8 Å². The average molecular weight is 453 g/mol. The number of sulfonamides is 1. The number of anilines is 1. The maximum atomic E-state index is 13.1. The zero-order chi connectivity index (χ0) is 22.1. The van der Waals surface area contributed by atoms with Crippen LogP contribution >= 0.6 is 0 Å². The number of ether oxygens (including phenoxy) is 2. The summed E-state index contributed by atoms with van der Waals surface area (Å²) in [4.78, 5) is 12.9. The van der Waals surface area contributed by atoms with Crippen molar-refractivity contribution in [3.05, 3.63) is 30.2 Å². The standard InChI is InChI=1S/C15H12F5N5O4S/c1-28-13-9(29-15(19,20)6-16)4-22-14(24-13)25-30(26,27)10-5-21-12-7(10)2-3-8(23-12)11(17)18/h2-5,11H,6H2,1H3,(H,21,23)(H,22,24,25). The van der Waals surface area contributed by atoms with Crippen LogP contribution in [0.1, 0.15) is 12.1 Å². The molecule has 0 aliphatic rings. The van der Waals surface area contributed by atoms with E-state index in [1.165, 1.54) is 0 Å². The number of alkyl halides is 5. The molecular formula is C15H12F5N5O4S. The van der Waals surface area contributed by atoms with Crippen LogP contribution in [0.4, 0.5) is 27.9 Å². The first-order chi connectivity index (χ1) is 14.1. The Bertz CT molecular complexity index is 1170. The fourth-order valence-electron chi connectivity index (χ4n) is 2.32. The lowest BCUT2D eigenvalue weighted by Crippen LogP contribution is -2.27. The normalized spacial score (nSPS) is 12.4. The summed E-state index contributed by atoms with van der Waals surface area (Å²) in [6, 6.07) is 2.11. The average Bonchev–Trinajstić information content (AvgIpc) is 3.13. The molecule has 0 aliphatic carbocycles. The largest absolute Gasteiger partial charge is 0.478 e. The lowest BCUT2D eigenvalue weighted by atomic mass is 10.3. The molecule has 3 rings (SSSR count). The van der Waals surface area contributed by atoms with E-state index in [9.17, 15) is 30.4 Å². The lowest BCUT2D eigenvalue weighted by molar-refractivity contribution is -0.187. The van der Waals surface area contributed by atoms with Gasteiger partial charge in [0, 0.05) is 11.6 Å². The second kappa shape index (κ2) is 7.89. The number of hydrogen-bond acceptors (Lipinski definition) is 7. The van der Waals surface area contributed by atoms with Crippen LogP contribution in [-0.2, 0) is 10.0 Å². The third-order valence-corrected chi connectivity index (χ3v) is 4.96. The number of nitrogens with one attached hydrogen (secondary N) is 2. The van der Waals surface area contributed by atoms with Gasteiger partial charge in [0.15, 0.2) is 6.67 Å². The van der Waals surface area contributed by atoms with Gasteiger partial charge in [-0.15, -0.1) is 0 Å². The topological polar surface area (TPSA) is 119 Å². The monoisotopic (exact) mass is 453 g/mol. The highest BCUT2D eigenvalue weighted by molar-refractivity contribution is 7.93. The number of rotatable bonds is 8. The van der Waals surface area contributed by atoms with Crippen molar-refractivity contribution in [1.82, 2.24) is 19.9 Å². The fourth-order valence-corrected chi connectivity index (χ4v) is 3.44. The number of hydrogen-bond donors (Lipinski definition) is 2. The van der Waals surface area contributed by atoms with Gasteiger partial charge in [-0.25, -0.2) is 36.3 Å². The van der Waals surface area contributed by atoms with Gasteiger partial charge in [-0.05, 0) is 12.1 Å². The minimum Gasteiger partial charge on any atom is -0.478 e. The molecule has 3 heterocycles. The number of nitrogens with zero attached hydrogens (tertiary/aromatic N) is 3. The summed E-state index contributed by atoms with van der Waals surface area (Å²) in [6.07, 6.45) is -5.32. The summed E-state index contributed by atoms with van der Waals surface area (Å²) in [5.41, 5.74) is -0.640. The van der Waals surface area contributed by atoms with E-state index in [1.807, 2.05) is 4.72 Å². The van der Waals surface area contributed by atoms with Gasteiger partial charge in [0.25, 0.3) is 22.3 Å². The molecule has 0 aromatic carbocycles. The fraction of sp³-hybridized carbons (Fsp3) is 0.267. The van der Waals surface area contributed by atoms with Crippen LogP contribution < -0.4 is 14.2 Å². The first-order valence-corrected chi connectivity index (χ1v) is 9.37. The van der Waals surface area contributed by atoms with E-state index >= 15 is 0 Å². The number of H-pyrrole nitrogens is 1. The predicted octanol–water partition coefficient (Wildman–Crippen LogP) is 3.04. The van der Waals surface area contributed by atoms with Crippen molar-refractivity contribution in [1.29, 1.82) is 0 Å². The Morgan fingerprint density at radius 3 is 2.63 bits per heavy atom. The molecule has 0 fully saturated rings. The zero-order valence-electron chi connectivity index (χ0n) is 14.9. The van der Waals surface area contributed by atoms with Crippen LogP contribution in [0.25, 0.3) is 11.0 Å². The van der Waals surface area contributed by atoms with Crippen LogP contribution in [0.2, 0.25) is 0 Å². The second-order valence-electron chi connectivity index (χ2n) is 5.63. The highest BCUT2D eigenvalue weighted by Gasteiger charge is 2.33. The van der Waals surface area contributed by atoms with E-state index in [0.29, 0.717) is 6.20 Å². The van der Waals surface area contributed by atoms with Gasteiger partial charge in [-0.1, -0.05) is 0 Å². The van der Waals surface area contributed by atoms with Crippen molar-refractivity contribution in [3.63, 3.8) is 0 Å². The van der Waals surface area contributed by atoms with Gasteiger partial charge in [0.05, 0.1) is 13.3 Å². The maximum absolute atomic E-state index is 13.1. The molecule has 15 heteroatoms. The Morgan fingerprint density at radius 2 is 2.00 bits per heavy atom. The van der Waals surface area contributed by atoms with E-state index in [2.05, 4.69) is 24.7 Å². The van der Waals surface area contributed by atoms with Crippen molar-refractivity contribution in [3.8, 4) is 11.6 Å². The first-order valence-electron chi connectivity index (χ1n) is 7.89. The Balaban J connectivity index is 1.91. The van der Waals surface area contributed by atoms with Crippen LogP contribution in [0.3, 0.4) is 0 Å². The molecular weight excluding hydrogens is 441 g/mol. The Kier molecular flexibility index (Phi) is 5.65. The summed E-state index contributed by atoms with van der Waals surface area (Å²) in [6.45, 7) is -2.12. The molecule has 0 unspecified atom stereocenters. The summed E-state index contributed by atoms with van der Waals surface area (Å²) in [5, 5.41) is 0.0152. The van der Waals surface area contributed by atoms with Gasteiger partial charge >= 0.3 is 6.11 Å². The molecule has 0 radical (unpaired) electrons. The van der Waals surface area contributed by atoms with Crippen molar-refractivity contribution >= 4 is 27.0 Å². The molecule has 0 aliphatic heterocycles. The Labute approximate surface area is 165 Å². The smallest absolute Gasteiger partial charge is 0.427 e. The number of aromatic amines is 1. The number of aromatic nitrogens is 4. The lowest BCUT2D eigenvalue weighted by Gasteiger charge is -2.16. The number of methoxy groups -OCH3 is 1. The number of halogens is 5. The van der Waals surface area contributed by atoms with Crippen molar-refractivity contribution < 1.29 is 39.8 Å². The predicted molar refractivity (Wildman–Crippen MR) is 92.0 cm³/mol. The first kappa shape index (κ1) is 21.5. The summed E-state index contributed by atoms with van der Waals surface area (Å²) in [5.74, 6) is -1.88. The molecule has 30 heavy (non-hydrogen) atoms. The second-order valence-corrected chi connectivity index (χ2v) is 7.28.